The number of hydrogen-bond donors (Lipinski definition) is 1. The summed E-state index contributed by atoms with van der Waals surface area (Å²) in [6.45, 7) is 9.30. The number of likely N-dealkylation sites (N-methyl/N-ethyl adjacent to an activating group) is 1. The lowest BCUT2D eigenvalue weighted by Crippen LogP contribution is -2.45. The van der Waals surface area contributed by atoms with Gasteiger partial charge in [0.15, 0.2) is 0 Å². The first-order valence-corrected chi connectivity index (χ1v) is 10.0. The van der Waals surface area contributed by atoms with Crippen molar-refractivity contribution in [2.45, 2.75) is 19.4 Å². The maximum atomic E-state index is 5.48. The van der Waals surface area contributed by atoms with Crippen molar-refractivity contribution in [2.75, 3.05) is 53.4 Å². The molecule has 0 aromatic heterocycles. The molecule has 1 saturated heterocycles. The molecule has 0 spiro atoms. The molecule has 0 bridgehead atoms. The first kappa shape index (κ1) is 19.9. The van der Waals surface area contributed by atoms with E-state index in [9.17, 15) is 0 Å². The molecule has 3 rings (SSSR count). The summed E-state index contributed by atoms with van der Waals surface area (Å²) >= 11 is 0. The Hall–Kier alpha value is -1.88. The smallest absolute Gasteiger partial charge is 0.126 e. The average molecular weight is 368 g/mol. The van der Waals surface area contributed by atoms with Gasteiger partial charge in [-0.15, -0.1) is 0 Å². The van der Waals surface area contributed by atoms with Gasteiger partial charge in [-0.3, -0.25) is 0 Å². The molecule has 2 aromatic rings. The number of nitrogens with zero attached hydrogens (tertiary/aromatic N) is 2. The molecular weight excluding hydrogens is 334 g/mol. The molecule has 4 nitrogen and oxygen atoms in total. The predicted octanol–water partition coefficient (Wildman–Crippen LogP) is 3.65. The van der Waals surface area contributed by atoms with E-state index < -0.39 is 0 Å². The van der Waals surface area contributed by atoms with E-state index >= 15 is 0 Å². The Balaban J connectivity index is 1.47. The van der Waals surface area contributed by atoms with E-state index in [1.807, 2.05) is 12.1 Å². The van der Waals surface area contributed by atoms with Gasteiger partial charge in [0.25, 0.3) is 0 Å². The molecule has 1 aliphatic heterocycles. The molecule has 4 heteroatoms. The first-order chi connectivity index (χ1) is 13.2. The summed E-state index contributed by atoms with van der Waals surface area (Å²) < 4.78 is 5.48. The topological polar surface area (TPSA) is 27.7 Å². The number of piperazine rings is 1. The molecule has 1 atom stereocenters. The van der Waals surface area contributed by atoms with Gasteiger partial charge in [0.2, 0.25) is 0 Å². The lowest BCUT2D eigenvalue weighted by molar-refractivity contribution is 0.152. The number of nitrogens with one attached hydrogen (secondary N) is 1. The lowest BCUT2D eigenvalue weighted by atomic mass is 10.0. The minimum Gasteiger partial charge on any atom is -0.496 e. The van der Waals surface area contributed by atoms with Gasteiger partial charge in [0, 0.05) is 37.8 Å². The Labute approximate surface area is 164 Å². The highest BCUT2D eigenvalue weighted by Crippen LogP contribution is 2.30. The zero-order valence-electron chi connectivity index (χ0n) is 16.9. The second-order valence-electron chi connectivity index (χ2n) is 7.50. The van der Waals surface area contributed by atoms with Gasteiger partial charge < -0.3 is 19.9 Å². The fourth-order valence-electron chi connectivity index (χ4n) is 3.65. The van der Waals surface area contributed by atoms with Crippen LogP contribution in [-0.4, -0.2) is 63.2 Å². The second-order valence-corrected chi connectivity index (χ2v) is 7.50. The molecular formula is C23H33N3O. The van der Waals surface area contributed by atoms with Crippen LogP contribution in [0.4, 0.5) is 0 Å². The Bertz CT molecular complexity index is 693. The number of rotatable bonds is 8. The van der Waals surface area contributed by atoms with Crippen LogP contribution in [0.2, 0.25) is 0 Å². The summed E-state index contributed by atoms with van der Waals surface area (Å²) in [6, 6.07) is 17.4. The summed E-state index contributed by atoms with van der Waals surface area (Å²) in [5.74, 6) is 0.917. The van der Waals surface area contributed by atoms with Crippen LogP contribution in [0.3, 0.4) is 0 Å². The van der Waals surface area contributed by atoms with Crippen molar-refractivity contribution in [3.63, 3.8) is 0 Å². The molecule has 1 N–H and O–H groups in total. The minimum atomic E-state index is 0.365. The number of methoxy groups -OCH3 is 1. The van der Waals surface area contributed by atoms with Crippen molar-refractivity contribution >= 4 is 0 Å². The van der Waals surface area contributed by atoms with Crippen molar-refractivity contribution < 1.29 is 4.74 Å². The van der Waals surface area contributed by atoms with E-state index in [-0.39, 0.29) is 0 Å². The van der Waals surface area contributed by atoms with Crippen LogP contribution < -0.4 is 10.1 Å². The van der Waals surface area contributed by atoms with E-state index in [4.69, 9.17) is 4.74 Å². The van der Waals surface area contributed by atoms with E-state index in [0.717, 1.165) is 17.9 Å². The van der Waals surface area contributed by atoms with Gasteiger partial charge in [-0.2, -0.15) is 0 Å². The molecule has 1 fully saturated rings. The van der Waals surface area contributed by atoms with Crippen LogP contribution in [0.15, 0.2) is 48.5 Å². The second kappa shape index (κ2) is 9.88. The highest BCUT2D eigenvalue weighted by atomic mass is 16.5. The summed E-state index contributed by atoms with van der Waals surface area (Å²) in [5.41, 5.74) is 3.66. The molecule has 146 valence electrons. The van der Waals surface area contributed by atoms with Crippen LogP contribution in [-0.2, 0) is 0 Å². The van der Waals surface area contributed by atoms with Crippen molar-refractivity contribution in [2.24, 2.45) is 0 Å². The van der Waals surface area contributed by atoms with Gasteiger partial charge in [-0.25, -0.2) is 0 Å². The van der Waals surface area contributed by atoms with Crippen molar-refractivity contribution in [3.05, 3.63) is 54.1 Å². The standard InChI is InChI=1S/C23H33N3O/c1-19(24-13-6-14-26-17-15-25(2)16-18-26)20-9-11-21(12-10-20)22-7-4-5-8-23(22)27-3/h4-5,7-12,19,24H,6,13-18H2,1-3H3. The van der Waals surface area contributed by atoms with Gasteiger partial charge in [0.1, 0.15) is 5.75 Å². The fourth-order valence-corrected chi connectivity index (χ4v) is 3.65. The Morgan fingerprint density at radius 2 is 1.70 bits per heavy atom. The van der Waals surface area contributed by atoms with E-state index in [1.165, 1.54) is 50.3 Å². The molecule has 1 unspecified atom stereocenters. The molecule has 0 aliphatic carbocycles. The molecule has 0 radical (unpaired) electrons. The number of ether oxygens (including phenoxy) is 1. The van der Waals surface area contributed by atoms with Crippen molar-refractivity contribution in [3.8, 4) is 16.9 Å². The highest BCUT2D eigenvalue weighted by Gasteiger charge is 2.13. The van der Waals surface area contributed by atoms with Crippen LogP contribution in [0, 0.1) is 0 Å². The average Bonchev–Trinajstić information content (AvgIpc) is 2.72. The molecule has 0 amide bonds. The maximum absolute atomic E-state index is 5.48. The van der Waals surface area contributed by atoms with Crippen LogP contribution in [0.5, 0.6) is 5.75 Å². The number of benzene rings is 2. The zero-order valence-corrected chi connectivity index (χ0v) is 16.9. The fraction of sp³-hybridized carbons (Fsp3) is 0.478. The maximum Gasteiger partial charge on any atom is 0.126 e. The predicted molar refractivity (Wildman–Crippen MR) is 113 cm³/mol. The number of hydrogen-bond acceptors (Lipinski definition) is 4. The van der Waals surface area contributed by atoms with E-state index in [0.29, 0.717) is 6.04 Å². The van der Waals surface area contributed by atoms with Gasteiger partial charge in [-0.05, 0) is 50.7 Å². The van der Waals surface area contributed by atoms with Crippen LogP contribution in [0.25, 0.3) is 11.1 Å². The zero-order chi connectivity index (χ0) is 19.1. The largest absolute Gasteiger partial charge is 0.496 e. The Morgan fingerprint density at radius 3 is 2.41 bits per heavy atom. The SMILES string of the molecule is COc1ccccc1-c1ccc(C(C)NCCCN2CCN(C)CC2)cc1. The quantitative estimate of drug-likeness (QED) is 0.721. The summed E-state index contributed by atoms with van der Waals surface area (Å²) in [4.78, 5) is 4.99. The summed E-state index contributed by atoms with van der Waals surface area (Å²) in [5, 5.41) is 3.67. The monoisotopic (exact) mass is 367 g/mol. The Morgan fingerprint density at radius 1 is 1.00 bits per heavy atom. The normalized spacial score (nSPS) is 17.0. The number of para-hydroxylation sites is 1. The lowest BCUT2D eigenvalue weighted by Gasteiger charge is -2.32. The van der Waals surface area contributed by atoms with Crippen LogP contribution >= 0.6 is 0 Å². The third kappa shape index (κ3) is 5.55. The molecule has 2 aromatic carbocycles. The summed E-state index contributed by atoms with van der Waals surface area (Å²) in [7, 11) is 3.93. The van der Waals surface area contributed by atoms with E-state index in [2.05, 4.69) is 65.5 Å². The van der Waals surface area contributed by atoms with Crippen LogP contribution in [0.1, 0.15) is 24.9 Å². The van der Waals surface area contributed by atoms with Gasteiger partial charge >= 0.3 is 0 Å². The van der Waals surface area contributed by atoms with Crippen molar-refractivity contribution in [1.29, 1.82) is 0 Å². The molecule has 1 heterocycles. The van der Waals surface area contributed by atoms with Crippen molar-refractivity contribution in [1.82, 2.24) is 15.1 Å². The van der Waals surface area contributed by atoms with Gasteiger partial charge in [-0.1, -0.05) is 42.5 Å². The summed E-state index contributed by atoms with van der Waals surface area (Å²) in [6.07, 6.45) is 1.20. The highest BCUT2D eigenvalue weighted by molar-refractivity contribution is 5.70. The van der Waals surface area contributed by atoms with Gasteiger partial charge in [0.05, 0.1) is 7.11 Å². The third-order valence-corrected chi connectivity index (χ3v) is 5.53. The minimum absolute atomic E-state index is 0.365. The van der Waals surface area contributed by atoms with E-state index in [1.54, 1.807) is 7.11 Å². The first-order valence-electron chi connectivity index (χ1n) is 10.0. The Kier molecular flexibility index (Phi) is 7.27. The third-order valence-electron chi connectivity index (χ3n) is 5.53. The molecule has 1 aliphatic rings. The molecule has 27 heavy (non-hydrogen) atoms. The molecule has 0 saturated carbocycles.